The number of halogens is 2. The second-order valence-electron chi connectivity index (χ2n) is 6.74. The molecule has 7 nitrogen and oxygen atoms in total. The SMILES string of the molecule is CCn1c(CCCOc2ccc(Cl)cc2Cl)nnc1SCC(=O)Nc1ccc(OC)cc1. The molecule has 0 radical (unpaired) electrons. The van der Waals surface area contributed by atoms with Gasteiger partial charge in [0.25, 0.3) is 0 Å². The van der Waals surface area contributed by atoms with Crippen LogP contribution in [0.4, 0.5) is 5.69 Å². The summed E-state index contributed by atoms with van der Waals surface area (Å²) in [5, 5.41) is 13.2. The van der Waals surface area contributed by atoms with Gasteiger partial charge in [0, 0.05) is 23.7 Å². The highest BCUT2D eigenvalue weighted by molar-refractivity contribution is 7.99. The minimum Gasteiger partial charge on any atom is -0.497 e. The summed E-state index contributed by atoms with van der Waals surface area (Å²) in [5.74, 6) is 2.33. The average Bonchev–Trinajstić information content (AvgIpc) is 3.18. The molecule has 0 saturated heterocycles. The monoisotopic (exact) mass is 494 g/mol. The van der Waals surface area contributed by atoms with Crippen LogP contribution in [-0.2, 0) is 17.8 Å². The first kappa shape index (κ1) is 24.2. The number of carbonyl (C=O) groups excluding carboxylic acids is 1. The zero-order valence-corrected chi connectivity index (χ0v) is 20.1. The van der Waals surface area contributed by atoms with Gasteiger partial charge in [0.15, 0.2) is 5.16 Å². The number of hydrogen-bond donors (Lipinski definition) is 1. The van der Waals surface area contributed by atoms with Crippen LogP contribution in [0.15, 0.2) is 47.6 Å². The number of rotatable bonds is 11. The minimum atomic E-state index is -0.111. The van der Waals surface area contributed by atoms with Gasteiger partial charge in [0.05, 0.1) is 24.5 Å². The average molecular weight is 495 g/mol. The first-order valence-corrected chi connectivity index (χ1v) is 11.8. The van der Waals surface area contributed by atoms with Gasteiger partial charge in [0.1, 0.15) is 17.3 Å². The largest absolute Gasteiger partial charge is 0.497 e. The molecule has 10 heteroatoms. The number of nitrogens with zero attached hydrogens (tertiary/aromatic N) is 3. The Kier molecular flexibility index (Phi) is 9.08. The van der Waals surface area contributed by atoms with Crippen molar-refractivity contribution in [2.24, 2.45) is 0 Å². The molecule has 1 N–H and O–H groups in total. The Balaban J connectivity index is 1.47. The van der Waals surface area contributed by atoms with Crippen molar-refractivity contribution in [2.75, 3.05) is 24.8 Å². The molecule has 32 heavy (non-hydrogen) atoms. The lowest BCUT2D eigenvalue weighted by atomic mass is 10.3. The summed E-state index contributed by atoms with van der Waals surface area (Å²) in [7, 11) is 1.60. The smallest absolute Gasteiger partial charge is 0.234 e. The summed E-state index contributed by atoms with van der Waals surface area (Å²) < 4.78 is 12.9. The number of anilines is 1. The van der Waals surface area contributed by atoms with Gasteiger partial charge in [-0.3, -0.25) is 4.79 Å². The normalized spacial score (nSPS) is 10.8. The van der Waals surface area contributed by atoms with Crippen LogP contribution in [0.25, 0.3) is 0 Å². The van der Waals surface area contributed by atoms with E-state index in [1.54, 1.807) is 49.6 Å². The lowest BCUT2D eigenvalue weighted by molar-refractivity contribution is -0.113. The minimum absolute atomic E-state index is 0.111. The molecule has 3 aromatic rings. The van der Waals surface area contributed by atoms with Gasteiger partial charge < -0.3 is 19.4 Å². The number of benzene rings is 2. The number of thioether (sulfide) groups is 1. The third-order valence-electron chi connectivity index (χ3n) is 4.51. The fraction of sp³-hybridized carbons (Fsp3) is 0.318. The third-order valence-corrected chi connectivity index (χ3v) is 6.01. The van der Waals surface area contributed by atoms with E-state index < -0.39 is 0 Å². The van der Waals surface area contributed by atoms with Crippen LogP contribution in [0.3, 0.4) is 0 Å². The number of amides is 1. The van der Waals surface area contributed by atoms with E-state index in [9.17, 15) is 4.79 Å². The molecular formula is C22H24Cl2N4O3S. The molecule has 170 valence electrons. The van der Waals surface area contributed by atoms with Crippen LogP contribution < -0.4 is 14.8 Å². The van der Waals surface area contributed by atoms with Gasteiger partial charge in [-0.15, -0.1) is 10.2 Å². The number of ether oxygens (including phenoxy) is 2. The van der Waals surface area contributed by atoms with E-state index in [1.807, 2.05) is 11.5 Å². The van der Waals surface area contributed by atoms with E-state index in [-0.39, 0.29) is 11.7 Å². The van der Waals surface area contributed by atoms with E-state index in [4.69, 9.17) is 32.7 Å². The Morgan fingerprint density at radius 3 is 2.62 bits per heavy atom. The Bertz CT molecular complexity index is 1040. The van der Waals surface area contributed by atoms with Crippen LogP contribution in [0.5, 0.6) is 11.5 Å². The number of nitrogens with one attached hydrogen (secondary N) is 1. The van der Waals surface area contributed by atoms with E-state index in [0.717, 1.165) is 23.7 Å². The first-order valence-electron chi connectivity index (χ1n) is 10.1. The first-order chi connectivity index (χ1) is 15.5. The van der Waals surface area contributed by atoms with Crippen LogP contribution in [0.2, 0.25) is 10.0 Å². The Morgan fingerprint density at radius 1 is 1.16 bits per heavy atom. The van der Waals surface area contributed by atoms with Gasteiger partial charge in [-0.25, -0.2) is 0 Å². The molecule has 0 aliphatic heterocycles. The summed E-state index contributed by atoms with van der Waals surface area (Å²) >= 11 is 13.4. The molecule has 0 aliphatic carbocycles. The fourth-order valence-electron chi connectivity index (χ4n) is 2.93. The summed E-state index contributed by atoms with van der Waals surface area (Å²) in [6, 6.07) is 12.3. The Labute approximate surface area is 201 Å². The topological polar surface area (TPSA) is 78.3 Å². The van der Waals surface area contributed by atoms with Crippen LogP contribution in [0.1, 0.15) is 19.2 Å². The van der Waals surface area contributed by atoms with Crippen LogP contribution in [-0.4, -0.2) is 40.1 Å². The Morgan fingerprint density at radius 2 is 1.94 bits per heavy atom. The summed E-state index contributed by atoms with van der Waals surface area (Å²) in [6.45, 7) is 3.23. The van der Waals surface area contributed by atoms with E-state index in [1.165, 1.54) is 11.8 Å². The molecule has 0 fully saturated rings. The van der Waals surface area contributed by atoms with E-state index in [0.29, 0.717) is 40.5 Å². The molecule has 0 aliphatic rings. The standard InChI is InChI=1S/C22H24Cl2N4O3S/c1-3-28-20(5-4-12-31-19-11-6-15(23)13-18(19)24)26-27-22(28)32-14-21(29)25-16-7-9-17(30-2)10-8-16/h6-11,13H,3-5,12,14H2,1-2H3,(H,25,29). The summed E-state index contributed by atoms with van der Waals surface area (Å²) in [4.78, 5) is 12.3. The quantitative estimate of drug-likeness (QED) is 0.285. The van der Waals surface area contributed by atoms with Crippen LogP contribution in [0, 0.1) is 0 Å². The van der Waals surface area contributed by atoms with Crippen molar-refractivity contribution in [1.82, 2.24) is 14.8 Å². The van der Waals surface area contributed by atoms with Crippen molar-refractivity contribution in [3.63, 3.8) is 0 Å². The van der Waals surface area contributed by atoms with Gasteiger partial charge in [0.2, 0.25) is 5.91 Å². The maximum absolute atomic E-state index is 12.3. The van der Waals surface area contributed by atoms with Gasteiger partial charge >= 0.3 is 0 Å². The lowest BCUT2D eigenvalue weighted by Gasteiger charge is -2.09. The third kappa shape index (κ3) is 6.79. The van der Waals surface area contributed by atoms with Crippen molar-refractivity contribution >= 4 is 46.6 Å². The molecule has 3 rings (SSSR count). The zero-order chi connectivity index (χ0) is 22.9. The van der Waals surface area contributed by atoms with Gasteiger partial charge in [-0.2, -0.15) is 0 Å². The number of aromatic nitrogens is 3. The van der Waals surface area contributed by atoms with Crippen molar-refractivity contribution in [3.05, 3.63) is 58.3 Å². The highest BCUT2D eigenvalue weighted by atomic mass is 35.5. The van der Waals surface area contributed by atoms with Crippen molar-refractivity contribution in [2.45, 2.75) is 31.5 Å². The Hall–Kier alpha value is -2.42. The maximum Gasteiger partial charge on any atom is 0.234 e. The number of aryl methyl sites for hydroxylation is 1. The predicted octanol–water partition coefficient (Wildman–Crippen LogP) is 5.36. The molecular weight excluding hydrogens is 471 g/mol. The zero-order valence-electron chi connectivity index (χ0n) is 17.8. The van der Waals surface area contributed by atoms with E-state index >= 15 is 0 Å². The molecule has 1 heterocycles. The van der Waals surface area contributed by atoms with Gasteiger partial charge in [-0.1, -0.05) is 35.0 Å². The molecule has 0 bridgehead atoms. The summed E-state index contributed by atoms with van der Waals surface area (Å²) in [6.07, 6.45) is 1.45. The molecule has 1 amide bonds. The molecule has 0 unspecified atom stereocenters. The molecule has 1 aromatic heterocycles. The van der Waals surface area contributed by atoms with Crippen molar-refractivity contribution in [1.29, 1.82) is 0 Å². The fourth-order valence-corrected chi connectivity index (χ4v) is 4.22. The van der Waals surface area contributed by atoms with E-state index in [2.05, 4.69) is 15.5 Å². The molecule has 0 spiro atoms. The molecule has 2 aromatic carbocycles. The molecule has 0 atom stereocenters. The second kappa shape index (κ2) is 12.0. The van der Waals surface area contributed by atoms with Crippen molar-refractivity contribution < 1.29 is 14.3 Å². The van der Waals surface area contributed by atoms with Crippen LogP contribution >= 0.6 is 35.0 Å². The highest BCUT2D eigenvalue weighted by Gasteiger charge is 2.13. The predicted molar refractivity (Wildman–Crippen MR) is 128 cm³/mol. The maximum atomic E-state index is 12.3. The molecule has 0 saturated carbocycles. The van der Waals surface area contributed by atoms with Crippen molar-refractivity contribution in [3.8, 4) is 11.5 Å². The summed E-state index contributed by atoms with van der Waals surface area (Å²) in [5.41, 5.74) is 0.717. The number of hydrogen-bond acceptors (Lipinski definition) is 6. The number of methoxy groups -OCH3 is 1. The number of carbonyl (C=O) groups is 1. The highest BCUT2D eigenvalue weighted by Crippen LogP contribution is 2.27. The second-order valence-corrected chi connectivity index (χ2v) is 8.52. The lowest BCUT2D eigenvalue weighted by Crippen LogP contribution is -2.14. The van der Waals surface area contributed by atoms with Gasteiger partial charge in [-0.05, 0) is 55.8 Å².